The van der Waals surface area contributed by atoms with Crippen LogP contribution in [0.3, 0.4) is 0 Å². The van der Waals surface area contributed by atoms with Crippen LogP contribution in [0.25, 0.3) is 0 Å². The third-order valence-corrected chi connectivity index (χ3v) is 7.01. The highest BCUT2D eigenvalue weighted by atomic mass is 32.2. The minimum absolute atomic E-state index is 0.102. The van der Waals surface area contributed by atoms with Gasteiger partial charge in [-0.2, -0.15) is 0 Å². The highest BCUT2D eigenvalue weighted by Crippen LogP contribution is 2.29. The number of esters is 1. The van der Waals surface area contributed by atoms with E-state index < -0.39 is 11.3 Å². The summed E-state index contributed by atoms with van der Waals surface area (Å²) in [6.07, 6.45) is 1.27. The first-order valence-corrected chi connectivity index (χ1v) is 13.7. The number of hydrogen-bond donors (Lipinski definition) is 2. The fourth-order valence-corrected chi connectivity index (χ4v) is 5.19. The number of ether oxygens (including phenoxy) is 2. The Labute approximate surface area is 224 Å². The van der Waals surface area contributed by atoms with Crippen LogP contribution in [-0.4, -0.2) is 45.9 Å². The van der Waals surface area contributed by atoms with E-state index >= 15 is 0 Å². The zero-order chi connectivity index (χ0) is 26.6. The minimum atomic E-state index is -0.722. The monoisotopic (exact) mass is 542 g/mol. The zero-order valence-corrected chi connectivity index (χ0v) is 22.6. The first-order valence-electron chi connectivity index (χ1n) is 12.0. The summed E-state index contributed by atoms with van der Waals surface area (Å²) in [4.78, 5) is 37.5. The molecule has 0 saturated heterocycles. The number of rotatable bonds is 13. The van der Waals surface area contributed by atoms with Crippen molar-refractivity contribution in [2.24, 2.45) is 0 Å². The maximum Gasteiger partial charge on any atom is 0.319 e. The van der Waals surface area contributed by atoms with Crippen molar-refractivity contribution in [3.63, 3.8) is 0 Å². The minimum Gasteiger partial charge on any atom is -0.465 e. The highest BCUT2D eigenvalue weighted by molar-refractivity contribution is 8.02. The Hall–Kier alpha value is -3.44. The number of para-hydroxylation sites is 1. The van der Waals surface area contributed by atoms with Gasteiger partial charge in [0.15, 0.2) is 4.34 Å². The number of benzene rings is 2. The molecule has 2 aromatic carbocycles. The van der Waals surface area contributed by atoms with E-state index in [9.17, 15) is 14.4 Å². The molecule has 2 atom stereocenters. The summed E-state index contributed by atoms with van der Waals surface area (Å²) in [7, 11) is 0. The Bertz CT molecular complexity index is 1190. The maximum atomic E-state index is 12.9. The van der Waals surface area contributed by atoms with Crippen LogP contribution >= 0.6 is 23.1 Å². The van der Waals surface area contributed by atoms with Gasteiger partial charge in [-0.15, -0.1) is 10.2 Å². The lowest BCUT2D eigenvalue weighted by molar-refractivity contribution is -0.142. The molecule has 0 aliphatic rings. The number of nitrogens with one attached hydrogen (secondary N) is 2. The van der Waals surface area contributed by atoms with Crippen molar-refractivity contribution in [3.8, 4) is 11.5 Å². The van der Waals surface area contributed by atoms with Crippen molar-refractivity contribution in [2.45, 2.75) is 55.7 Å². The second kappa shape index (κ2) is 14.3. The summed E-state index contributed by atoms with van der Waals surface area (Å²) < 4.78 is 11.4. The van der Waals surface area contributed by atoms with Crippen molar-refractivity contribution >= 4 is 46.0 Å². The van der Waals surface area contributed by atoms with Gasteiger partial charge in [0.25, 0.3) is 0 Å². The zero-order valence-electron chi connectivity index (χ0n) is 20.9. The van der Waals surface area contributed by atoms with Crippen LogP contribution in [0.2, 0.25) is 0 Å². The van der Waals surface area contributed by atoms with Gasteiger partial charge in [-0.1, -0.05) is 66.8 Å². The second-order valence-corrected chi connectivity index (χ2v) is 10.6. The van der Waals surface area contributed by atoms with Gasteiger partial charge in [0.2, 0.25) is 16.9 Å². The van der Waals surface area contributed by atoms with Crippen LogP contribution in [0, 0.1) is 0 Å². The van der Waals surface area contributed by atoms with Crippen LogP contribution in [-0.2, 0) is 25.5 Å². The molecule has 0 saturated carbocycles. The number of aromatic nitrogens is 2. The summed E-state index contributed by atoms with van der Waals surface area (Å²) in [5, 5.41) is 13.4. The van der Waals surface area contributed by atoms with Crippen LogP contribution in [0.1, 0.15) is 39.2 Å². The van der Waals surface area contributed by atoms with Gasteiger partial charge in [0, 0.05) is 0 Å². The molecule has 1 aromatic heterocycles. The molecule has 3 rings (SSSR count). The Balaban J connectivity index is 1.55. The van der Waals surface area contributed by atoms with E-state index in [1.165, 1.54) is 11.8 Å². The van der Waals surface area contributed by atoms with E-state index in [0.717, 1.165) is 16.9 Å². The Morgan fingerprint density at radius 2 is 1.78 bits per heavy atom. The highest BCUT2D eigenvalue weighted by Gasteiger charge is 2.23. The number of amides is 2. The normalized spacial score (nSPS) is 12.3. The molecule has 0 spiro atoms. The standard InChI is InChI=1S/C26H30N4O5S2/c1-4-10-21(23(32)28-25-29-30-26(37-25)36-17(3)24(33)34-5-2)27-22(31)16-18-11-9-14-20(15-18)35-19-12-7-6-8-13-19/h6-9,11-15,17,21H,4-5,10,16H2,1-3H3,(H,27,31)(H,28,29,32). The molecule has 0 aliphatic carbocycles. The largest absolute Gasteiger partial charge is 0.465 e. The molecule has 0 fully saturated rings. The van der Waals surface area contributed by atoms with Gasteiger partial charge in [-0.3, -0.25) is 19.7 Å². The van der Waals surface area contributed by atoms with Gasteiger partial charge < -0.3 is 14.8 Å². The third-order valence-electron chi connectivity index (χ3n) is 5.00. The predicted molar refractivity (Wildman–Crippen MR) is 144 cm³/mol. The van der Waals surface area contributed by atoms with Gasteiger partial charge in [0.05, 0.1) is 13.0 Å². The molecule has 1 heterocycles. The number of anilines is 1. The average molecular weight is 543 g/mol. The number of carbonyl (C=O) groups excluding carboxylic acids is 3. The molecule has 9 nitrogen and oxygen atoms in total. The first kappa shape index (κ1) is 28.1. The molecule has 0 radical (unpaired) electrons. The smallest absolute Gasteiger partial charge is 0.319 e. The van der Waals surface area contributed by atoms with Crippen LogP contribution < -0.4 is 15.4 Å². The molecular formula is C26H30N4O5S2. The Morgan fingerprint density at radius 1 is 1.03 bits per heavy atom. The summed E-state index contributed by atoms with van der Waals surface area (Å²) in [6.45, 7) is 5.71. The molecule has 37 heavy (non-hydrogen) atoms. The number of thioether (sulfide) groups is 1. The number of hydrogen-bond acceptors (Lipinski definition) is 9. The molecule has 3 aromatic rings. The Morgan fingerprint density at radius 3 is 2.51 bits per heavy atom. The van der Waals surface area contributed by atoms with E-state index in [1.54, 1.807) is 19.9 Å². The molecule has 0 bridgehead atoms. The van der Waals surface area contributed by atoms with Crippen LogP contribution in [0.4, 0.5) is 5.13 Å². The fourth-order valence-electron chi connectivity index (χ4n) is 3.29. The molecule has 2 N–H and O–H groups in total. The molecule has 2 unspecified atom stereocenters. The summed E-state index contributed by atoms with van der Waals surface area (Å²) >= 11 is 2.37. The molecule has 2 amide bonds. The average Bonchev–Trinajstić information content (AvgIpc) is 3.31. The number of nitrogens with zero attached hydrogens (tertiary/aromatic N) is 2. The van der Waals surface area contributed by atoms with Crippen molar-refractivity contribution in [3.05, 3.63) is 60.2 Å². The number of carbonyl (C=O) groups is 3. The lowest BCUT2D eigenvalue weighted by Crippen LogP contribution is -2.44. The predicted octanol–water partition coefficient (Wildman–Crippen LogP) is 4.84. The quantitative estimate of drug-likeness (QED) is 0.179. The molecular weight excluding hydrogens is 512 g/mol. The fraction of sp³-hybridized carbons (Fsp3) is 0.346. The van der Waals surface area contributed by atoms with E-state index in [4.69, 9.17) is 9.47 Å². The lowest BCUT2D eigenvalue weighted by atomic mass is 10.1. The summed E-state index contributed by atoms with van der Waals surface area (Å²) in [5.74, 6) is 0.347. The van der Waals surface area contributed by atoms with Gasteiger partial charge in [-0.05, 0) is 50.1 Å². The van der Waals surface area contributed by atoms with Gasteiger partial charge in [-0.25, -0.2) is 0 Å². The summed E-state index contributed by atoms with van der Waals surface area (Å²) in [5.41, 5.74) is 0.767. The van der Waals surface area contributed by atoms with Crippen LogP contribution in [0.5, 0.6) is 11.5 Å². The maximum absolute atomic E-state index is 12.9. The lowest BCUT2D eigenvalue weighted by Gasteiger charge is -2.17. The first-order chi connectivity index (χ1) is 17.9. The van der Waals surface area contributed by atoms with Crippen LogP contribution in [0.15, 0.2) is 58.9 Å². The third kappa shape index (κ3) is 9.18. The van der Waals surface area contributed by atoms with Gasteiger partial charge in [0.1, 0.15) is 22.8 Å². The molecule has 11 heteroatoms. The van der Waals surface area contributed by atoms with E-state index in [-0.39, 0.29) is 24.2 Å². The van der Waals surface area contributed by atoms with Crippen molar-refractivity contribution in [2.75, 3.05) is 11.9 Å². The van der Waals surface area contributed by atoms with E-state index in [1.807, 2.05) is 55.5 Å². The van der Waals surface area contributed by atoms with Crippen molar-refractivity contribution < 1.29 is 23.9 Å². The van der Waals surface area contributed by atoms with E-state index in [0.29, 0.717) is 40.4 Å². The van der Waals surface area contributed by atoms with E-state index in [2.05, 4.69) is 20.8 Å². The summed E-state index contributed by atoms with van der Waals surface area (Å²) in [6, 6.07) is 16.0. The van der Waals surface area contributed by atoms with Crippen molar-refractivity contribution in [1.29, 1.82) is 0 Å². The van der Waals surface area contributed by atoms with Gasteiger partial charge >= 0.3 is 5.97 Å². The topological polar surface area (TPSA) is 120 Å². The van der Waals surface area contributed by atoms with Crippen molar-refractivity contribution in [1.82, 2.24) is 15.5 Å². The molecule has 196 valence electrons. The molecule has 0 aliphatic heterocycles. The second-order valence-electron chi connectivity index (χ2n) is 8.02. The Kier molecular flexibility index (Phi) is 10.9. The SMILES string of the molecule is CCCC(NC(=O)Cc1cccc(Oc2ccccc2)c1)C(=O)Nc1nnc(SC(C)C(=O)OCC)s1.